The van der Waals surface area contributed by atoms with Crippen LogP contribution in [0.5, 0.6) is 0 Å². The largest absolute Gasteiger partial charge is 0.359 e. The highest BCUT2D eigenvalue weighted by Gasteiger charge is 2.14. The Morgan fingerprint density at radius 3 is 2.78 bits per heavy atom. The molecule has 1 amide bonds. The second-order valence-corrected chi connectivity index (χ2v) is 5.30. The minimum Gasteiger partial charge on any atom is -0.359 e. The number of hydrogen-bond acceptors (Lipinski definition) is 2. The van der Waals surface area contributed by atoms with Gasteiger partial charge in [-0.25, -0.2) is 4.39 Å². The van der Waals surface area contributed by atoms with E-state index in [1.807, 2.05) is 18.9 Å². The fourth-order valence-electron chi connectivity index (χ4n) is 1.80. The average Bonchev–Trinajstić information content (AvgIpc) is 2.31. The van der Waals surface area contributed by atoms with Crippen LogP contribution in [0, 0.1) is 11.7 Å². The van der Waals surface area contributed by atoms with Crippen molar-refractivity contribution in [1.29, 1.82) is 0 Å². The molecule has 0 aliphatic rings. The Kier molecular flexibility index (Phi) is 5.75. The second kappa shape index (κ2) is 6.85. The summed E-state index contributed by atoms with van der Waals surface area (Å²) < 4.78 is 13.7. The number of rotatable bonds is 5. The van der Waals surface area contributed by atoms with E-state index in [2.05, 4.69) is 21.2 Å². The number of carbonyl (C=O) groups is 1. The van der Waals surface area contributed by atoms with Crippen LogP contribution in [0.15, 0.2) is 22.7 Å². The molecule has 0 fully saturated rings. The van der Waals surface area contributed by atoms with E-state index in [0.29, 0.717) is 13.1 Å². The quantitative estimate of drug-likeness (QED) is 0.904. The van der Waals surface area contributed by atoms with E-state index in [-0.39, 0.29) is 17.6 Å². The third kappa shape index (κ3) is 4.38. The summed E-state index contributed by atoms with van der Waals surface area (Å²) in [6.45, 7) is 3.21. The number of hydrogen-bond donors (Lipinski definition) is 1. The first kappa shape index (κ1) is 15.1. The monoisotopic (exact) mass is 316 g/mol. The lowest BCUT2D eigenvalue weighted by Gasteiger charge is -2.21. The Labute approximate surface area is 115 Å². The molecule has 5 heteroatoms. The van der Waals surface area contributed by atoms with Crippen molar-refractivity contribution in [3.63, 3.8) is 0 Å². The highest BCUT2D eigenvalue weighted by atomic mass is 79.9. The minimum absolute atomic E-state index is 0.0278. The summed E-state index contributed by atoms with van der Waals surface area (Å²) in [6, 6.07) is 4.64. The van der Waals surface area contributed by atoms with Crippen molar-refractivity contribution in [3.05, 3.63) is 34.1 Å². The summed E-state index contributed by atoms with van der Waals surface area (Å²) in [4.78, 5) is 13.5. The van der Waals surface area contributed by atoms with Crippen LogP contribution in [0.25, 0.3) is 0 Å². The van der Waals surface area contributed by atoms with Gasteiger partial charge in [0.05, 0.1) is 0 Å². The third-order valence-corrected chi connectivity index (χ3v) is 3.47. The highest BCUT2D eigenvalue weighted by molar-refractivity contribution is 9.10. The Hall–Kier alpha value is -0.940. The predicted molar refractivity (Wildman–Crippen MR) is 73.7 cm³/mol. The van der Waals surface area contributed by atoms with E-state index in [1.165, 1.54) is 12.1 Å². The van der Waals surface area contributed by atoms with Crippen LogP contribution in [-0.4, -0.2) is 31.4 Å². The van der Waals surface area contributed by atoms with E-state index in [0.717, 1.165) is 10.0 Å². The maximum Gasteiger partial charge on any atom is 0.223 e. The average molecular weight is 317 g/mol. The maximum absolute atomic E-state index is 13.0. The molecule has 1 aromatic carbocycles. The SMILES string of the molecule is CNC(=O)C(C)CN(C)Cc1ccc(F)cc1Br. The summed E-state index contributed by atoms with van der Waals surface area (Å²) in [7, 11) is 3.57. The maximum atomic E-state index is 13.0. The molecular formula is C13H18BrFN2O. The topological polar surface area (TPSA) is 32.3 Å². The van der Waals surface area contributed by atoms with Crippen LogP contribution in [0.4, 0.5) is 4.39 Å². The molecule has 1 unspecified atom stereocenters. The number of nitrogens with zero attached hydrogens (tertiary/aromatic N) is 1. The molecule has 0 aliphatic carbocycles. The van der Waals surface area contributed by atoms with Crippen LogP contribution in [-0.2, 0) is 11.3 Å². The van der Waals surface area contributed by atoms with Gasteiger partial charge in [-0.2, -0.15) is 0 Å². The van der Waals surface area contributed by atoms with E-state index in [4.69, 9.17) is 0 Å². The smallest absolute Gasteiger partial charge is 0.223 e. The molecule has 0 spiro atoms. The predicted octanol–water partition coefficient (Wildman–Crippen LogP) is 2.40. The zero-order valence-electron chi connectivity index (χ0n) is 10.8. The summed E-state index contributed by atoms with van der Waals surface area (Å²) in [5.74, 6) is -0.300. The zero-order valence-corrected chi connectivity index (χ0v) is 12.4. The normalized spacial score (nSPS) is 12.6. The highest BCUT2D eigenvalue weighted by Crippen LogP contribution is 2.19. The molecule has 3 nitrogen and oxygen atoms in total. The van der Waals surface area contributed by atoms with Crippen molar-refractivity contribution in [3.8, 4) is 0 Å². The van der Waals surface area contributed by atoms with Gasteiger partial charge in [0.15, 0.2) is 0 Å². The lowest BCUT2D eigenvalue weighted by molar-refractivity contribution is -0.124. The van der Waals surface area contributed by atoms with Crippen molar-refractivity contribution in [2.75, 3.05) is 20.6 Å². The molecule has 18 heavy (non-hydrogen) atoms. The van der Waals surface area contributed by atoms with Gasteiger partial charge in [0, 0.05) is 30.5 Å². The fraction of sp³-hybridized carbons (Fsp3) is 0.462. The van der Waals surface area contributed by atoms with Gasteiger partial charge in [-0.3, -0.25) is 4.79 Å². The van der Waals surface area contributed by atoms with Crippen molar-refractivity contribution in [2.45, 2.75) is 13.5 Å². The first-order valence-electron chi connectivity index (χ1n) is 5.78. The van der Waals surface area contributed by atoms with Crippen molar-refractivity contribution in [1.82, 2.24) is 10.2 Å². The molecule has 0 aliphatic heterocycles. The Bertz CT molecular complexity index is 425. The van der Waals surface area contributed by atoms with Crippen molar-refractivity contribution < 1.29 is 9.18 Å². The van der Waals surface area contributed by atoms with Crippen molar-refractivity contribution >= 4 is 21.8 Å². The van der Waals surface area contributed by atoms with Gasteiger partial charge in [-0.15, -0.1) is 0 Å². The number of nitrogens with one attached hydrogen (secondary N) is 1. The summed E-state index contributed by atoms with van der Waals surface area (Å²) in [5.41, 5.74) is 1.00. The summed E-state index contributed by atoms with van der Waals surface area (Å²) >= 11 is 3.34. The standard InChI is InChI=1S/C13H18BrFN2O/c1-9(13(18)16-2)7-17(3)8-10-4-5-11(15)6-12(10)14/h4-6,9H,7-8H2,1-3H3,(H,16,18). The molecule has 0 heterocycles. The lowest BCUT2D eigenvalue weighted by atomic mass is 10.1. The Morgan fingerprint density at radius 1 is 1.56 bits per heavy atom. The zero-order chi connectivity index (χ0) is 13.7. The molecule has 1 aromatic rings. The first-order chi connectivity index (χ1) is 8.43. The van der Waals surface area contributed by atoms with Crippen LogP contribution in [0.2, 0.25) is 0 Å². The molecule has 1 atom stereocenters. The van der Waals surface area contributed by atoms with Gasteiger partial charge in [0.2, 0.25) is 5.91 Å². The molecule has 1 rings (SSSR count). The summed E-state index contributed by atoms with van der Waals surface area (Å²) in [5, 5.41) is 2.63. The van der Waals surface area contributed by atoms with Gasteiger partial charge in [0.25, 0.3) is 0 Å². The molecule has 0 radical (unpaired) electrons. The molecule has 1 N–H and O–H groups in total. The van der Waals surface area contributed by atoms with Crippen LogP contribution < -0.4 is 5.32 Å². The van der Waals surface area contributed by atoms with Gasteiger partial charge < -0.3 is 10.2 Å². The number of halogens is 2. The number of carbonyl (C=O) groups excluding carboxylic acids is 1. The molecule has 100 valence electrons. The van der Waals surface area contributed by atoms with Crippen LogP contribution in [0.1, 0.15) is 12.5 Å². The second-order valence-electron chi connectivity index (χ2n) is 4.45. The van der Waals surface area contributed by atoms with Gasteiger partial charge in [-0.05, 0) is 24.7 Å². The summed E-state index contributed by atoms with van der Waals surface area (Å²) in [6.07, 6.45) is 0. The van der Waals surface area contributed by atoms with E-state index in [9.17, 15) is 9.18 Å². The van der Waals surface area contributed by atoms with Crippen LogP contribution in [0.3, 0.4) is 0 Å². The fourth-order valence-corrected chi connectivity index (χ4v) is 2.28. The van der Waals surface area contributed by atoms with Crippen molar-refractivity contribution in [2.24, 2.45) is 5.92 Å². The van der Waals surface area contributed by atoms with Gasteiger partial charge in [0.1, 0.15) is 5.82 Å². The molecular weight excluding hydrogens is 299 g/mol. The Morgan fingerprint density at radius 2 is 2.22 bits per heavy atom. The van der Waals surface area contributed by atoms with Crippen LogP contribution >= 0.6 is 15.9 Å². The molecule has 0 bridgehead atoms. The first-order valence-corrected chi connectivity index (χ1v) is 6.57. The molecule has 0 saturated heterocycles. The number of amides is 1. The van der Waals surface area contributed by atoms with E-state index in [1.54, 1.807) is 13.1 Å². The van der Waals surface area contributed by atoms with E-state index >= 15 is 0 Å². The molecule has 0 saturated carbocycles. The lowest BCUT2D eigenvalue weighted by Crippen LogP contribution is -2.34. The van der Waals surface area contributed by atoms with E-state index < -0.39 is 0 Å². The molecule has 0 aromatic heterocycles. The minimum atomic E-state index is -0.257. The number of benzene rings is 1. The van der Waals surface area contributed by atoms with Gasteiger partial charge >= 0.3 is 0 Å². The van der Waals surface area contributed by atoms with Gasteiger partial charge in [-0.1, -0.05) is 28.9 Å². The third-order valence-electron chi connectivity index (χ3n) is 2.73. The Balaban J connectivity index is 2.59.